The summed E-state index contributed by atoms with van der Waals surface area (Å²) in [6.07, 6.45) is 4.18. The van der Waals surface area contributed by atoms with E-state index >= 15 is 0 Å². The lowest BCUT2D eigenvalue weighted by Gasteiger charge is -2.25. The predicted octanol–water partition coefficient (Wildman–Crippen LogP) is 1.20. The number of ether oxygens (including phenoxy) is 2. The third-order valence-corrected chi connectivity index (χ3v) is 1.62. The van der Waals surface area contributed by atoms with Crippen molar-refractivity contribution in [2.75, 3.05) is 6.61 Å². The molecule has 1 rings (SSSR count). The van der Waals surface area contributed by atoms with E-state index in [1.165, 1.54) is 0 Å². The molecule has 1 N–H and O–H groups in total. The summed E-state index contributed by atoms with van der Waals surface area (Å²) >= 11 is 0. The van der Waals surface area contributed by atoms with Crippen molar-refractivity contribution in [3.8, 4) is 0 Å². The molecule has 1 heterocycles. The van der Waals surface area contributed by atoms with Gasteiger partial charge in [-0.2, -0.15) is 0 Å². The van der Waals surface area contributed by atoms with Crippen LogP contribution in [0.2, 0.25) is 0 Å². The highest BCUT2D eigenvalue weighted by Crippen LogP contribution is 2.13. The maximum Gasteiger partial charge on any atom is 0.161 e. The molecule has 0 amide bonds. The minimum atomic E-state index is -0.585. The van der Waals surface area contributed by atoms with Crippen molar-refractivity contribution < 1.29 is 14.6 Å². The van der Waals surface area contributed by atoms with Gasteiger partial charge in [0.05, 0.1) is 0 Å². The molecule has 0 aromatic rings. The van der Waals surface area contributed by atoms with Crippen molar-refractivity contribution in [2.24, 2.45) is 0 Å². The second kappa shape index (κ2) is 4.16. The van der Waals surface area contributed by atoms with E-state index in [1.54, 1.807) is 25.3 Å². The molecule has 0 bridgehead atoms. The average molecular weight is 170 g/mol. The summed E-state index contributed by atoms with van der Waals surface area (Å²) < 4.78 is 10.4. The van der Waals surface area contributed by atoms with Crippen molar-refractivity contribution in [2.45, 2.75) is 26.1 Å². The molecule has 2 unspecified atom stereocenters. The molecule has 0 aromatic heterocycles. The van der Waals surface area contributed by atoms with Crippen molar-refractivity contribution in [1.29, 1.82) is 0 Å². The Hall–Kier alpha value is -0.960. The quantitative estimate of drug-likeness (QED) is 0.633. The van der Waals surface area contributed by atoms with Crippen molar-refractivity contribution in [3.05, 3.63) is 24.2 Å². The SMILES string of the molecule is C/C=C/C(O)C1COC=C(C)O1. The van der Waals surface area contributed by atoms with E-state index in [2.05, 4.69) is 0 Å². The van der Waals surface area contributed by atoms with Crippen LogP contribution in [0.15, 0.2) is 24.2 Å². The molecule has 1 aliphatic heterocycles. The third kappa shape index (κ3) is 2.27. The fraction of sp³-hybridized carbons (Fsp3) is 0.556. The van der Waals surface area contributed by atoms with E-state index in [9.17, 15) is 5.11 Å². The van der Waals surface area contributed by atoms with Gasteiger partial charge in [-0.1, -0.05) is 12.2 Å². The molecule has 0 aromatic carbocycles. The molecule has 12 heavy (non-hydrogen) atoms. The lowest BCUT2D eigenvalue weighted by molar-refractivity contribution is -0.0428. The molecule has 0 radical (unpaired) electrons. The Bertz CT molecular complexity index is 196. The molecule has 2 atom stereocenters. The van der Waals surface area contributed by atoms with Crippen LogP contribution < -0.4 is 0 Å². The molecular formula is C9H14O3. The van der Waals surface area contributed by atoms with E-state index in [0.717, 1.165) is 0 Å². The van der Waals surface area contributed by atoms with Gasteiger partial charge >= 0.3 is 0 Å². The van der Waals surface area contributed by atoms with Crippen LogP contribution in [0.25, 0.3) is 0 Å². The number of hydrogen-bond donors (Lipinski definition) is 1. The predicted molar refractivity (Wildman–Crippen MR) is 45.4 cm³/mol. The smallest absolute Gasteiger partial charge is 0.161 e. The van der Waals surface area contributed by atoms with Crippen molar-refractivity contribution >= 4 is 0 Å². The Morgan fingerprint density at radius 2 is 2.50 bits per heavy atom. The molecule has 0 saturated heterocycles. The van der Waals surface area contributed by atoms with Crippen LogP contribution in [0.5, 0.6) is 0 Å². The maximum absolute atomic E-state index is 9.47. The Labute approximate surface area is 72.3 Å². The van der Waals surface area contributed by atoms with Gasteiger partial charge in [0, 0.05) is 0 Å². The second-order valence-corrected chi connectivity index (χ2v) is 2.73. The Morgan fingerprint density at radius 1 is 1.75 bits per heavy atom. The lowest BCUT2D eigenvalue weighted by atomic mass is 10.2. The van der Waals surface area contributed by atoms with E-state index in [-0.39, 0.29) is 6.10 Å². The normalized spacial score (nSPS) is 25.9. The molecule has 0 aliphatic carbocycles. The van der Waals surface area contributed by atoms with Gasteiger partial charge in [0.1, 0.15) is 24.7 Å². The van der Waals surface area contributed by atoms with E-state index in [0.29, 0.717) is 12.4 Å². The zero-order valence-corrected chi connectivity index (χ0v) is 7.36. The Kier molecular flexibility index (Phi) is 3.17. The largest absolute Gasteiger partial charge is 0.494 e. The molecule has 3 nitrogen and oxygen atoms in total. The van der Waals surface area contributed by atoms with Crippen LogP contribution in [-0.2, 0) is 9.47 Å². The summed E-state index contributed by atoms with van der Waals surface area (Å²) in [7, 11) is 0. The van der Waals surface area contributed by atoms with Gasteiger partial charge in [0.2, 0.25) is 0 Å². The molecule has 0 saturated carbocycles. The Morgan fingerprint density at radius 3 is 3.08 bits per heavy atom. The third-order valence-electron chi connectivity index (χ3n) is 1.62. The number of hydrogen-bond acceptors (Lipinski definition) is 3. The number of aliphatic hydroxyl groups excluding tert-OH is 1. The van der Waals surface area contributed by atoms with Gasteiger partial charge in [0.25, 0.3) is 0 Å². The first kappa shape index (κ1) is 9.13. The summed E-state index contributed by atoms with van der Waals surface area (Å²) in [6, 6.07) is 0. The van der Waals surface area contributed by atoms with Gasteiger partial charge in [-0.05, 0) is 13.8 Å². The van der Waals surface area contributed by atoms with Gasteiger partial charge < -0.3 is 14.6 Å². The van der Waals surface area contributed by atoms with Crippen LogP contribution in [0.3, 0.4) is 0 Å². The molecule has 1 aliphatic rings. The standard InChI is InChI=1S/C9H14O3/c1-3-4-8(10)9-6-11-5-7(2)12-9/h3-5,8-10H,6H2,1-2H3/b4-3+. The van der Waals surface area contributed by atoms with Crippen LogP contribution in [-0.4, -0.2) is 23.9 Å². The van der Waals surface area contributed by atoms with E-state index in [1.807, 2.05) is 6.92 Å². The molecule has 3 heteroatoms. The molecular weight excluding hydrogens is 156 g/mol. The van der Waals surface area contributed by atoms with E-state index in [4.69, 9.17) is 9.47 Å². The summed E-state index contributed by atoms with van der Waals surface area (Å²) in [6.45, 7) is 4.06. The lowest BCUT2D eigenvalue weighted by Crippen LogP contribution is -2.33. The maximum atomic E-state index is 9.47. The zero-order chi connectivity index (χ0) is 8.97. The highest BCUT2D eigenvalue weighted by molar-refractivity contribution is 4.96. The number of aliphatic hydroxyl groups is 1. The molecule has 0 spiro atoms. The average Bonchev–Trinajstić information content (AvgIpc) is 2.05. The monoisotopic (exact) mass is 170 g/mol. The minimum Gasteiger partial charge on any atom is -0.494 e. The minimum absolute atomic E-state index is 0.272. The van der Waals surface area contributed by atoms with E-state index < -0.39 is 6.10 Å². The number of rotatable bonds is 2. The van der Waals surface area contributed by atoms with Crippen LogP contribution in [0.1, 0.15) is 13.8 Å². The van der Waals surface area contributed by atoms with Crippen molar-refractivity contribution in [1.82, 2.24) is 0 Å². The van der Waals surface area contributed by atoms with Crippen LogP contribution >= 0.6 is 0 Å². The van der Waals surface area contributed by atoms with Gasteiger partial charge in [-0.25, -0.2) is 0 Å². The summed E-state index contributed by atoms with van der Waals surface area (Å²) in [5, 5.41) is 9.47. The first-order chi connectivity index (χ1) is 5.74. The highest BCUT2D eigenvalue weighted by Gasteiger charge is 2.21. The fourth-order valence-electron chi connectivity index (χ4n) is 1.05. The van der Waals surface area contributed by atoms with Gasteiger partial charge in [-0.15, -0.1) is 0 Å². The fourth-order valence-corrected chi connectivity index (χ4v) is 1.05. The highest BCUT2D eigenvalue weighted by atomic mass is 16.6. The molecule has 68 valence electrons. The topological polar surface area (TPSA) is 38.7 Å². The number of allylic oxidation sites excluding steroid dienone is 2. The zero-order valence-electron chi connectivity index (χ0n) is 7.36. The second-order valence-electron chi connectivity index (χ2n) is 2.73. The van der Waals surface area contributed by atoms with Crippen LogP contribution in [0, 0.1) is 0 Å². The van der Waals surface area contributed by atoms with Gasteiger partial charge in [-0.3, -0.25) is 0 Å². The van der Waals surface area contributed by atoms with Gasteiger partial charge in [0.15, 0.2) is 6.10 Å². The summed E-state index contributed by atoms with van der Waals surface area (Å²) in [4.78, 5) is 0. The first-order valence-corrected chi connectivity index (χ1v) is 4.00. The Balaban J connectivity index is 2.48. The first-order valence-electron chi connectivity index (χ1n) is 4.00. The van der Waals surface area contributed by atoms with Crippen LogP contribution in [0.4, 0.5) is 0 Å². The summed E-state index contributed by atoms with van der Waals surface area (Å²) in [5.74, 6) is 0.704. The van der Waals surface area contributed by atoms with Crippen molar-refractivity contribution in [3.63, 3.8) is 0 Å². The summed E-state index contributed by atoms with van der Waals surface area (Å²) in [5.41, 5.74) is 0. The molecule has 0 fully saturated rings.